The summed E-state index contributed by atoms with van der Waals surface area (Å²) >= 11 is 0. The quantitative estimate of drug-likeness (QED) is 0.418. The summed E-state index contributed by atoms with van der Waals surface area (Å²) in [5.74, 6) is -1.86. The summed E-state index contributed by atoms with van der Waals surface area (Å²) in [6, 6.07) is 0. The van der Waals surface area contributed by atoms with Gasteiger partial charge in [0.05, 0.1) is 6.42 Å². The van der Waals surface area contributed by atoms with E-state index in [9.17, 15) is 9.59 Å². The van der Waals surface area contributed by atoms with Crippen molar-refractivity contribution in [1.82, 2.24) is 10.6 Å². The van der Waals surface area contributed by atoms with Gasteiger partial charge in [-0.1, -0.05) is 0 Å². The van der Waals surface area contributed by atoms with Crippen molar-refractivity contribution >= 4 is 11.9 Å². The molecule has 6 nitrogen and oxygen atoms in total. The first-order valence-electron chi connectivity index (χ1n) is 3.98. The second kappa shape index (κ2) is 3.71. The number of hydrogen-bond acceptors (Lipinski definition) is 4. The molecule has 1 aliphatic heterocycles. The molecule has 74 valence electrons. The Balaban J connectivity index is 2.32. The first kappa shape index (κ1) is 9.94. The van der Waals surface area contributed by atoms with Crippen LogP contribution in [0.1, 0.15) is 6.42 Å². The van der Waals surface area contributed by atoms with E-state index in [0.29, 0.717) is 13.1 Å². The number of aliphatic carboxylic acids is 2. The summed E-state index contributed by atoms with van der Waals surface area (Å²) in [7, 11) is 0. The van der Waals surface area contributed by atoms with E-state index < -0.39 is 17.5 Å². The number of carbonyl (C=O) groups is 2. The lowest BCUT2D eigenvalue weighted by molar-refractivity contribution is -0.148. The minimum Gasteiger partial charge on any atom is -0.481 e. The summed E-state index contributed by atoms with van der Waals surface area (Å²) in [5, 5.41) is 22.7. The minimum atomic E-state index is -0.949. The molecule has 0 radical (unpaired) electrons. The lowest BCUT2D eigenvalue weighted by Gasteiger charge is -2.39. The van der Waals surface area contributed by atoms with E-state index in [0.717, 1.165) is 0 Å². The number of carboxylic acid groups (broad SMARTS) is 2. The highest BCUT2D eigenvalue weighted by molar-refractivity contribution is 5.81. The van der Waals surface area contributed by atoms with Crippen LogP contribution in [0.15, 0.2) is 0 Å². The zero-order valence-corrected chi connectivity index (χ0v) is 7.04. The highest BCUT2D eigenvalue weighted by Gasteiger charge is 2.43. The maximum Gasteiger partial charge on any atom is 0.326 e. The maximum absolute atomic E-state index is 10.7. The molecule has 1 rings (SSSR count). The van der Waals surface area contributed by atoms with Crippen LogP contribution in [0.5, 0.6) is 0 Å². The molecule has 1 fully saturated rings. The fraction of sp³-hybridized carbons (Fsp3) is 0.714. The average molecular weight is 188 g/mol. The van der Waals surface area contributed by atoms with Crippen LogP contribution in [0.3, 0.4) is 0 Å². The lowest BCUT2D eigenvalue weighted by Crippen LogP contribution is -2.72. The predicted molar refractivity (Wildman–Crippen MR) is 43.5 cm³/mol. The van der Waals surface area contributed by atoms with Gasteiger partial charge < -0.3 is 15.5 Å². The molecular formula is C7H12N2O4. The molecule has 1 heterocycles. The summed E-state index contributed by atoms with van der Waals surface area (Å²) in [4.78, 5) is 20.9. The van der Waals surface area contributed by atoms with Gasteiger partial charge in [-0.3, -0.25) is 14.9 Å². The first-order chi connectivity index (χ1) is 6.07. The van der Waals surface area contributed by atoms with Crippen molar-refractivity contribution in [2.45, 2.75) is 12.0 Å². The van der Waals surface area contributed by atoms with Gasteiger partial charge >= 0.3 is 11.9 Å². The van der Waals surface area contributed by atoms with Crippen LogP contribution in [0.25, 0.3) is 0 Å². The normalized spacial score (nSPS) is 19.1. The van der Waals surface area contributed by atoms with Crippen LogP contribution in [0.2, 0.25) is 0 Å². The molecule has 0 aliphatic carbocycles. The van der Waals surface area contributed by atoms with Crippen LogP contribution >= 0.6 is 0 Å². The average Bonchev–Trinajstić information content (AvgIpc) is 1.93. The van der Waals surface area contributed by atoms with Gasteiger partial charge in [0.1, 0.15) is 5.54 Å². The molecule has 0 spiro atoms. The SMILES string of the molecule is O=C(O)CCNC1(C(=O)O)CNC1. The van der Waals surface area contributed by atoms with Gasteiger partial charge in [-0.2, -0.15) is 0 Å². The highest BCUT2D eigenvalue weighted by Crippen LogP contribution is 2.10. The third-order valence-corrected chi connectivity index (χ3v) is 2.07. The molecule has 0 aromatic heterocycles. The summed E-state index contributed by atoms with van der Waals surface area (Å²) in [6.45, 7) is 0.882. The van der Waals surface area contributed by atoms with Crippen molar-refractivity contribution in [3.8, 4) is 0 Å². The van der Waals surface area contributed by atoms with Gasteiger partial charge in [-0.05, 0) is 0 Å². The number of rotatable bonds is 5. The number of nitrogens with one attached hydrogen (secondary N) is 2. The molecule has 0 aromatic rings. The van der Waals surface area contributed by atoms with Gasteiger partial charge in [-0.15, -0.1) is 0 Å². The van der Waals surface area contributed by atoms with E-state index in [1.54, 1.807) is 0 Å². The fourth-order valence-corrected chi connectivity index (χ4v) is 1.14. The Morgan fingerprint density at radius 1 is 1.38 bits per heavy atom. The fourth-order valence-electron chi connectivity index (χ4n) is 1.14. The monoisotopic (exact) mass is 188 g/mol. The Morgan fingerprint density at radius 2 is 2.00 bits per heavy atom. The van der Waals surface area contributed by atoms with E-state index in [1.807, 2.05) is 0 Å². The van der Waals surface area contributed by atoms with Crippen molar-refractivity contribution < 1.29 is 19.8 Å². The summed E-state index contributed by atoms with van der Waals surface area (Å²) in [6.07, 6.45) is -0.0605. The van der Waals surface area contributed by atoms with Crippen molar-refractivity contribution in [1.29, 1.82) is 0 Å². The van der Waals surface area contributed by atoms with Crippen molar-refractivity contribution in [3.05, 3.63) is 0 Å². The molecule has 1 aliphatic rings. The minimum absolute atomic E-state index is 0.0605. The Hall–Kier alpha value is -1.14. The molecule has 0 bridgehead atoms. The Kier molecular flexibility index (Phi) is 2.84. The van der Waals surface area contributed by atoms with Crippen molar-refractivity contribution in [2.75, 3.05) is 19.6 Å². The van der Waals surface area contributed by atoms with Crippen LogP contribution in [-0.2, 0) is 9.59 Å². The summed E-state index contributed by atoms with van der Waals surface area (Å²) < 4.78 is 0. The third-order valence-electron chi connectivity index (χ3n) is 2.07. The topological polar surface area (TPSA) is 98.7 Å². The standard InChI is InChI=1S/C7H12N2O4/c10-5(11)1-2-9-7(6(12)13)3-8-4-7/h8-9H,1-4H2,(H,10,11)(H,12,13). The molecule has 13 heavy (non-hydrogen) atoms. The second-order valence-electron chi connectivity index (χ2n) is 3.06. The van der Waals surface area contributed by atoms with E-state index in [-0.39, 0.29) is 13.0 Å². The zero-order valence-electron chi connectivity index (χ0n) is 7.04. The van der Waals surface area contributed by atoms with Gasteiger partial charge in [0.25, 0.3) is 0 Å². The molecule has 0 aromatic carbocycles. The molecule has 4 N–H and O–H groups in total. The number of carboxylic acids is 2. The zero-order chi connectivity index (χ0) is 9.90. The lowest BCUT2D eigenvalue weighted by atomic mass is 9.92. The van der Waals surface area contributed by atoms with Crippen LogP contribution in [-0.4, -0.2) is 47.3 Å². The van der Waals surface area contributed by atoms with Crippen LogP contribution in [0, 0.1) is 0 Å². The Bertz CT molecular complexity index is 225. The van der Waals surface area contributed by atoms with Crippen molar-refractivity contribution in [3.63, 3.8) is 0 Å². The molecule has 0 amide bonds. The number of hydrogen-bond donors (Lipinski definition) is 4. The van der Waals surface area contributed by atoms with Crippen molar-refractivity contribution in [2.24, 2.45) is 0 Å². The predicted octanol–water partition coefficient (Wildman–Crippen LogP) is -1.52. The largest absolute Gasteiger partial charge is 0.481 e. The second-order valence-corrected chi connectivity index (χ2v) is 3.06. The van der Waals surface area contributed by atoms with Crippen LogP contribution in [0.4, 0.5) is 0 Å². The molecule has 0 atom stereocenters. The first-order valence-corrected chi connectivity index (χ1v) is 3.98. The molecule has 6 heteroatoms. The van der Waals surface area contributed by atoms with Gasteiger partial charge in [0.2, 0.25) is 0 Å². The third kappa shape index (κ3) is 2.16. The Morgan fingerprint density at radius 3 is 2.31 bits per heavy atom. The molecule has 1 saturated heterocycles. The van der Waals surface area contributed by atoms with E-state index >= 15 is 0 Å². The van der Waals surface area contributed by atoms with Gasteiger partial charge in [-0.25, -0.2) is 0 Å². The maximum atomic E-state index is 10.7. The molecule has 0 unspecified atom stereocenters. The van der Waals surface area contributed by atoms with Crippen LogP contribution < -0.4 is 10.6 Å². The highest BCUT2D eigenvalue weighted by atomic mass is 16.4. The van der Waals surface area contributed by atoms with E-state index in [1.165, 1.54) is 0 Å². The van der Waals surface area contributed by atoms with E-state index in [2.05, 4.69) is 10.6 Å². The van der Waals surface area contributed by atoms with Gasteiger partial charge in [0, 0.05) is 19.6 Å². The van der Waals surface area contributed by atoms with E-state index in [4.69, 9.17) is 10.2 Å². The Labute approximate surface area is 74.9 Å². The van der Waals surface area contributed by atoms with Gasteiger partial charge in [0.15, 0.2) is 0 Å². The summed E-state index contributed by atoms with van der Waals surface area (Å²) in [5.41, 5.74) is -0.949. The molecular weight excluding hydrogens is 176 g/mol. The molecule has 0 saturated carbocycles. The smallest absolute Gasteiger partial charge is 0.326 e.